The van der Waals surface area contributed by atoms with Crippen LogP contribution in [0.15, 0.2) is 0 Å². The van der Waals surface area contributed by atoms with E-state index in [4.69, 9.17) is 290 Å². The van der Waals surface area contributed by atoms with E-state index in [0.29, 0.717) is 0 Å². The Morgan fingerprint density at radius 3 is 0.474 bits per heavy atom. The lowest BCUT2D eigenvalue weighted by atomic mass is 9.99. The summed E-state index contributed by atoms with van der Waals surface area (Å²) >= 11 is 152. The molecule has 0 aliphatic carbocycles. The van der Waals surface area contributed by atoms with E-state index < -0.39 is 51.6 Å². The quantitative estimate of drug-likeness (QED) is 0.194. The SMILES string of the molecule is [O]C(Cl)(Cl)C(Cl)(Cl)C(Cl)(Cl)C(Cl)(Cl)C(Cl)(Cl)C(Cl)(Cl)C(Cl)(Cl)C(Cl)(Cl)C(Cl)(Cl)C(Cl)(Cl)C(Cl)(Cl)C(Cl)(Cl)Cl. The van der Waals surface area contributed by atoms with Crippen LogP contribution in [-0.4, -0.2) is 51.6 Å². The Labute approximate surface area is 341 Å². The van der Waals surface area contributed by atoms with Gasteiger partial charge < -0.3 is 0 Å². The summed E-state index contributed by atoms with van der Waals surface area (Å²) in [4.78, 5) is 0. The lowest BCUT2D eigenvalue weighted by molar-refractivity contribution is 0.0980. The second-order valence-electron chi connectivity index (χ2n) is 6.76. The Hall–Kier alpha value is 7.21. The zero-order valence-corrected chi connectivity index (χ0v) is 34.8. The summed E-state index contributed by atoms with van der Waals surface area (Å²) in [5.41, 5.74) is 0. The first kappa shape index (κ1) is 45.2. The number of halogens is 25. The zero-order valence-electron chi connectivity index (χ0n) is 15.9. The van der Waals surface area contributed by atoms with Gasteiger partial charge in [0.25, 0.3) is 4.52 Å². The van der Waals surface area contributed by atoms with Gasteiger partial charge in [-0.05, 0) is 0 Å². The van der Waals surface area contributed by atoms with Crippen molar-refractivity contribution in [1.82, 2.24) is 0 Å². The number of rotatable bonds is 10. The van der Waals surface area contributed by atoms with Gasteiger partial charge in [-0.1, -0.05) is 290 Å². The highest BCUT2D eigenvalue weighted by molar-refractivity contribution is 6.84. The molecule has 0 rings (SSSR count). The number of hydrogen-bond donors (Lipinski definition) is 0. The minimum absolute atomic E-state index is 2.77. The van der Waals surface area contributed by atoms with Crippen molar-refractivity contribution in [3.8, 4) is 0 Å². The lowest BCUT2D eigenvalue weighted by Gasteiger charge is -2.57. The first-order valence-electron chi connectivity index (χ1n) is 7.68. The first-order valence-corrected chi connectivity index (χ1v) is 17.1. The van der Waals surface area contributed by atoms with Crippen LogP contribution < -0.4 is 0 Å². The number of hydrogen-bond acceptors (Lipinski definition) is 0. The van der Waals surface area contributed by atoms with Crippen LogP contribution in [0.1, 0.15) is 0 Å². The van der Waals surface area contributed by atoms with E-state index in [-0.39, 0.29) is 0 Å². The highest BCUT2D eigenvalue weighted by Crippen LogP contribution is 2.76. The highest BCUT2D eigenvalue weighted by Gasteiger charge is 2.85. The Morgan fingerprint density at radius 1 is 0.211 bits per heavy atom. The minimum atomic E-state index is -3.47. The molecule has 0 N–H and O–H groups in total. The van der Waals surface area contributed by atoms with E-state index in [1.54, 1.807) is 0 Å². The predicted molar refractivity (Wildman–Crippen MR) is 180 cm³/mol. The van der Waals surface area contributed by atoms with Crippen LogP contribution in [0, 0.1) is 0 Å². The summed E-state index contributed by atoms with van der Waals surface area (Å²) in [7, 11) is 0. The fourth-order valence-electron chi connectivity index (χ4n) is 1.94. The molecule has 0 spiro atoms. The summed E-state index contributed by atoms with van der Waals surface area (Å²) < 4.78 is -39.3. The average Bonchev–Trinajstić information content (AvgIpc) is 2.64. The third-order valence-corrected chi connectivity index (χ3v) is 21.4. The van der Waals surface area contributed by atoms with E-state index in [0.717, 1.165) is 0 Å². The molecule has 38 heavy (non-hydrogen) atoms. The maximum Gasteiger partial charge on any atom is 0.286 e. The van der Waals surface area contributed by atoms with Gasteiger partial charge in [-0.2, -0.15) is 5.11 Å². The molecule has 0 aliphatic heterocycles. The van der Waals surface area contributed by atoms with Crippen molar-refractivity contribution in [2.75, 3.05) is 0 Å². The Bertz CT molecular complexity index is 798. The molecule has 0 bridgehead atoms. The standard InChI is InChI=1S/C12Cl25O/c13-1(14,3(17,18)5(21,22)7(25,26)9(29,30)11(33,34)35)2(15,16)4(19,20)6(23,24)8(27,28)10(31,32)12(36,37)38. The van der Waals surface area contributed by atoms with Crippen LogP contribution in [0.4, 0.5) is 0 Å². The van der Waals surface area contributed by atoms with Gasteiger partial charge in [-0.25, -0.2) is 0 Å². The van der Waals surface area contributed by atoms with Crippen molar-refractivity contribution in [2.24, 2.45) is 0 Å². The van der Waals surface area contributed by atoms with Crippen LogP contribution in [-0.2, 0) is 5.11 Å². The monoisotopic (exact) mass is 1030 g/mol. The van der Waals surface area contributed by atoms with Crippen molar-refractivity contribution in [3.05, 3.63) is 0 Å². The molecule has 0 aromatic carbocycles. The van der Waals surface area contributed by atoms with Gasteiger partial charge in [-0.3, -0.25) is 0 Å². The fraction of sp³-hybridized carbons (Fsp3) is 1.00. The maximum atomic E-state index is 12.2. The van der Waals surface area contributed by atoms with Crippen LogP contribution in [0.5, 0.6) is 0 Å². The van der Waals surface area contributed by atoms with Gasteiger partial charge in [0.05, 0.1) is 0 Å². The Kier molecular flexibility index (Phi) is 15.7. The normalized spacial score (nSPS) is 17.2. The topological polar surface area (TPSA) is 19.9 Å². The molecule has 1 radical (unpaired) electrons. The molecule has 0 amide bonds. The van der Waals surface area contributed by atoms with Crippen LogP contribution >= 0.6 is 290 Å². The molecule has 0 aliphatic rings. The first-order chi connectivity index (χ1) is 15.8. The Morgan fingerprint density at radius 2 is 0.342 bits per heavy atom. The fourth-order valence-corrected chi connectivity index (χ4v) is 9.76. The van der Waals surface area contributed by atoms with E-state index in [1.807, 2.05) is 0 Å². The van der Waals surface area contributed by atoms with E-state index >= 15 is 0 Å². The summed E-state index contributed by atoms with van der Waals surface area (Å²) in [5, 5.41) is 12.2. The van der Waals surface area contributed by atoms with E-state index in [1.165, 1.54) is 0 Å². The molecule has 0 saturated heterocycles. The second kappa shape index (κ2) is 13.2. The molecule has 26 heteroatoms. The maximum absolute atomic E-state index is 12.2. The largest absolute Gasteiger partial charge is 0.286 e. The van der Waals surface area contributed by atoms with E-state index in [2.05, 4.69) is 0 Å². The van der Waals surface area contributed by atoms with Gasteiger partial charge in [0.1, 0.15) is 0 Å². The molecule has 0 aromatic rings. The van der Waals surface area contributed by atoms with Gasteiger partial charge in [0.2, 0.25) is 12.5 Å². The third-order valence-electron chi connectivity index (χ3n) is 4.27. The minimum Gasteiger partial charge on any atom is -0.190 e. The summed E-state index contributed by atoms with van der Waals surface area (Å²) in [5.74, 6) is 0. The third kappa shape index (κ3) is 6.82. The van der Waals surface area contributed by atoms with Crippen LogP contribution in [0.3, 0.4) is 0 Å². The molecule has 0 heterocycles. The summed E-state index contributed by atoms with van der Waals surface area (Å²) in [6, 6.07) is 0. The molecule has 0 aromatic heterocycles. The molecule has 1 nitrogen and oxygen atoms in total. The van der Waals surface area contributed by atoms with E-state index in [9.17, 15) is 5.11 Å². The van der Waals surface area contributed by atoms with Gasteiger partial charge in [-0.15, -0.1) is 0 Å². The second-order valence-corrected chi connectivity index (χ2v) is 23.6. The highest BCUT2D eigenvalue weighted by atomic mass is 35.6. The molecule has 0 unspecified atom stereocenters. The van der Waals surface area contributed by atoms with Gasteiger partial charge in [0, 0.05) is 0 Å². The van der Waals surface area contributed by atoms with Crippen LogP contribution in [0.2, 0.25) is 0 Å². The zero-order chi connectivity index (χ0) is 32.0. The smallest absolute Gasteiger partial charge is 0.190 e. The van der Waals surface area contributed by atoms with Crippen molar-refractivity contribution in [2.45, 2.75) is 51.6 Å². The van der Waals surface area contributed by atoms with Crippen molar-refractivity contribution < 1.29 is 5.11 Å². The van der Waals surface area contributed by atoms with Gasteiger partial charge >= 0.3 is 0 Å². The molecular weight excluding hydrogens is 1050 g/mol. The van der Waals surface area contributed by atoms with Crippen molar-refractivity contribution in [1.29, 1.82) is 0 Å². The molecular formula is C12Cl25O. The summed E-state index contributed by atoms with van der Waals surface area (Å²) in [6.45, 7) is 0. The predicted octanol–water partition coefficient (Wildman–Crippen LogP) is 14.7. The lowest BCUT2D eigenvalue weighted by Crippen LogP contribution is -2.74. The molecule has 0 saturated carbocycles. The Balaban J connectivity index is 7.29. The molecule has 0 fully saturated rings. The average molecular weight is 1050 g/mol. The number of alkyl halides is 25. The molecule has 229 valence electrons. The molecule has 0 atom stereocenters. The summed E-state index contributed by atoms with van der Waals surface area (Å²) in [6.07, 6.45) is 0. The van der Waals surface area contributed by atoms with Crippen molar-refractivity contribution in [3.63, 3.8) is 0 Å². The van der Waals surface area contributed by atoms with Crippen molar-refractivity contribution >= 4 is 290 Å². The van der Waals surface area contributed by atoms with Crippen LogP contribution in [0.25, 0.3) is 0 Å². The van der Waals surface area contributed by atoms with Gasteiger partial charge in [0.15, 0.2) is 34.7 Å².